The van der Waals surface area contributed by atoms with E-state index in [0.29, 0.717) is 25.2 Å². The second-order valence-electron chi connectivity index (χ2n) is 8.16. The maximum Gasteiger partial charge on any atom is 0.327 e. The largest absolute Gasteiger partial charge is 0.434 e. The Morgan fingerprint density at radius 3 is 2.25 bits per heavy atom. The van der Waals surface area contributed by atoms with E-state index in [1.807, 2.05) is 83.8 Å². The predicted octanol–water partition coefficient (Wildman–Crippen LogP) is 2.43. The molecule has 2 fully saturated rings. The van der Waals surface area contributed by atoms with Gasteiger partial charge < -0.3 is 15.8 Å². The summed E-state index contributed by atoms with van der Waals surface area (Å²) in [6, 6.07) is 25.5. The van der Waals surface area contributed by atoms with Gasteiger partial charge in [-0.05, 0) is 11.6 Å². The number of ether oxygens (including phenoxy) is 1. The van der Waals surface area contributed by atoms with Gasteiger partial charge in [-0.15, -0.1) is 0 Å². The number of hydrogen-bond acceptors (Lipinski definition) is 6. The van der Waals surface area contributed by atoms with Crippen molar-refractivity contribution in [2.24, 2.45) is 5.73 Å². The van der Waals surface area contributed by atoms with E-state index in [-0.39, 0.29) is 11.8 Å². The molecule has 3 aromatic rings. The highest BCUT2D eigenvalue weighted by Crippen LogP contribution is 2.46. The number of piperazine rings is 1. The molecule has 0 bridgehead atoms. The number of nitrogens with two attached hydrogens (primary N) is 1. The van der Waals surface area contributed by atoms with E-state index in [1.165, 1.54) is 0 Å². The molecule has 2 atom stereocenters. The predicted molar refractivity (Wildman–Crippen MR) is 121 cm³/mol. The molecule has 2 aliphatic rings. The molecule has 3 N–H and O–H groups in total. The van der Waals surface area contributed by atoms with Crippen LogP contribution in [0.15, 0.2) is 84.9 Å². The van der Waals surface area contributed by atoms with Gasteiger partial charge in [-0.3, -0.25) is 9.59 Å². The molecule has 2 unspecified atom stereocenters. The van der Waals surface area contributed by atoms with Crippen molar-refractivity contribution >= 4 is 11.8 Å². The number of fused-ring (bicyclic) bond motifs is 1. The zero-order valence-electron chi connectivity index (χ0n) is 17.6. The van der Waals surface area contributed by atoms with E-state index in [0.717, 1.165) is 16.7 Å². The van der Waals surface area contributed by atoms with Crippen molar-refractivity contribution in [3.05, 3.63) is 107 Å². The lowest BCUT2D eigenvalue weighted by Crippen LogP contribution is -2.64. The van der Waals surface area contributed by atoms with E-state index in [1.54, 1.807) is 6.07 Å². The third-order valence-electron chi connectivity index (χ3n) is 6.31. The Kier molecular flexibility index (Phi) is 5.35. The van der Waals surface area contributed by atoms with E-state index in [2.05, 4.69) is 5.32 Å². The average molecular weight is 428 g/mol. The second kappa shape index (κ2) is 8.31. The monoisotopic (exact) mass is 427 g/mol. The van der Waals surface area contributed by atoms with Crippen LogP contribution >= 0.6 is 0 Å². The number of carbonyl (C=O) groups excluding carboxylic acids is 2. The number of carbonyl (C=O) groups is 2. The van der Waals surface area contributed by atoms with Gasteiger partial charge in [-0.25, -0.2) is 4.90 Å². The van der Waals surface area contributed by atoms with Crippen LogP contribution in [0.25, 0.3) is 0 Å². The number of nitrogens with zero attached hydrogens (tertiary/aromatic N) is 1. The average Bonchev–Trinajstić information content (AvgIpc) is 3.18. The number of benzene rings is 3. The standard InChI is InChI=1S/C26H25N3O3/c27-15-18-8-7-9-19(14-18)24(30)22-16-28-17-23-25(31)32-26(29(22)23,20-10-3-1-4-11-20)21-12-5-2-6-13-21/h1-14,22-23,28H,15-17,27H2. The molecular formula is C26H25N3O3. The summed E-state index contributed by atoms with van der Waals surface area (Å²) < 4.78 is 6.20. The highest BCUT2D eigenvalue weighted by Gasteiger charge is 2.60. The van der Waals surface area contributed by atoms with Crippen molar-refractivity contribution in [3.63, 3.8) is 0 Å². The topological polar surface area (TPSA) is 84.7 Å². The normalized spacial score (nSPS) is 22.2. The molecular weight excluding hydrogens is 402 g/mol. The number of ketones is 1. The molecule has 32 heavy (non-hydrogen) atoms. The number of Topliss-reactive ketones (excluding diaryl/α,β-unsaturated/α-hetero) is 1. The number of rotatable bonds is 5. The van der Waals surface area contributed by atoms with Gasteiger partial charge in [-0.1, -0.05) is 78.9 Å². The van der Waals surface area contributed by atoms with Crippen LogP contribution in [-0.2, 0) is 21.8 Å². The Bertz CT molecular complexity index is 1090. The highest BCUT2D eigenvalue weighted by atomic mass is 16.6. The molecule has 0 amide bonds. The maximum atomic E-state index is 13.8. The van der Waals surface area contributed by atoms with Crippen molar-refractivity contribution < 1.29 is 14.3 Å². The summed E-state index contributed by atoms with van der Waals surface area (Å²) in [4.78, 5) is 28.9. The Morgan fingerprint density at radius 2 is 1.62 bits per heavy atom. The van der Waals surface area contributed by atoms with Gasteiger partial charge in [0.2, 0.25) is 5.72 Å². The molecule has 5 rings (SSSR count). The first-order chi connectivity index (χ1) is 15.6. The summed E-state index contributed by atoms with van der Waals surface area (Å²) in [5.41, 5.74) is 7.72. The van der Waals surface area contributed by atoms with Crippen molar-refractivity contribution in [2.75, 3.05) is 13.1 Å². The Morgan fingerprint density at radius 1 is 0.969 bits per heavy atom. The van der Waals surface area contributed by atoms with Gasteiger partial charge in [0.15, 0.2) is 5.78 Å². The van der Waals surface area contributed by atoms with Gasteiger partial charge >= 0.3 is 5.97 Å². The van der Waals surface area contributed by atoms with Crippen LogP contribution in [0.4, 0.5) is 0 Å². The molecule has 162 valence electrons. The molecule has 2 saturated heterocycles. The number of cyclic esters (lactones) is 1. The Balaban J connectivity index is 1.67. The minimum Gasteiger partial charge on any atom is -0.434 e. The molecule has 0 spiro atoms. The molecule has 0 aliphatic carbocycles. The molecule has 2 heterocycles. The summed E-state index contributed by atoms with van der Waals surface area (Å²) in [7, 11) is 0. The first-order valence-corrected chi connectivity index (χ1v) is 10.8. The first-order valence-electron chi connectivity index (χ1n) is 10.8. The summed E-state index contributed by atoms with van der Waals surface area (Å²) in [6.45, 7) is 1.20. The van der Waals surface area contributed by atoms with Crippen LogP contribution < -0.4 is 11.1 Å². The lowest BCUT2D eigenvalue weighted by molar-refractivity contribution is -0.150. The quantitative estimate of drug-likeness (QED) is 0.481. The van der Waals surface area contributed by atoms with E-state index in [4.69, 9.17) is 10.5 Å². The zero-order chi connectivity index (χ0) is 22.1. The maximum absolute atomic E-state index is 13.8. The van der Waals surface area contributed by atoms with Crippen molar-refractivity contribution in [1.29, 1.82) is 0 Å². The van der Waals surface area contributed by atoms with Crippen molar-refractivity contribution in [1.82, 2.24) is 10.2 Å². The first kappa shape index (κ1) is 20.6. The molecule has 0 aromatic heterocycles. The van der Waals surface area contributed by atoms with Crippen LogP contribution in [0.1, 0.15) is 27.0 Å². The van der Waals surface area contributed by atoms with Crippen molar-refractivity contribution in [2.45, 2.75) is 24.4 Å². The SMILES string of the molecule is NCc1cccc(C(=O)C2CNCC3C(=O)OC(c4ccccc4)(c4ccccc4)N32)c1. The van der Waals surface area contributed by atoms with Gasteiger partial charge in [-0.2, -0.15) is 0 Å². The van der Waals surface area contributed by atoms with Gasteiger partial charge in [0.1, 0.15) is 6.04 Å². The minimum atomic E-state index is -1.18. The molecule has 0 saturated carbocycles. The second-order valence-corrected chi connectivity index (χ2v) is 8.16. The van der Waals surface area contributed by atoms with Crippen LogP contribution in [0.5, 0.6) is 0 Å². The van der Waals surface area contributed by atoms with E-state index >= 15 is 0 Å². The highest BCUT2D eigenvalue weighted by molar-refractivity contribution is 6.01. The fourth-order valence-corrected chi connectivity index (χ4v) is 4.85. The van der Waals surface area contributed by atoms with E-state index in [9.17, 15) is 9.59 Å². The summed E-state index contributed by atoms with van der Waals surface area (Å²) >= 11 is 0. The van der Waals surface area contributed by atoms with Gasteiger partial charge in [0.25, 0.3) is 0 Å². The third-order valence-corrected chi connectivity index (χ3v) is 6.31. The van der Waals surface area contributed by atoms with Crippen LogP contribution in [0, 0.1) is 0 Å². The molecule has 3 aromatic carbocycles. The molecule has 2 aliphatic heterocycles. The number of hydrogen-bond donors (Lipinski definition) is 2. The van der Waals surface area contributed by atoms with Crippen LogP contribution in [0.3, 0.4) is 0 Å². The summed E-state index contributed by atoms with van der Waals surface area (Å²) in [5.74, 6) is -0.398. The van der Waals surface area contributed by atoms with Crippen LogP contribution in [-0.4, -0.2) is 41.8 Å². The smallest absolute Gasteiger partial charge is 0.327 e. The fourth-order valence-electron chi connectivity index (χ4n) is 4.85. The fraction of sp³-hybridized carbons (Fsp3) is 0.231. The van der Waals surface area contributed by atoms with E-state index < -0.39 is 17.8 Å². The third kappa shape index (κ3) is 3.24. The lowest BCUT2D eigenvalue weighted by Gasteiger charge is -2.44. The number of nitrogens with one attached hydrogen (secondary N) is 1. The molecule has 6 heteroatoms. The molecule has 6 nitrogen and oxygen atoms in total. The summed E-state index contributed by atoms with van der Waals surface area (Å²) in [5, 5.41) is 3.27. The van der Waals surface area contributed by atoms with Crippen molar-refractivity contribution in [3.8, 4) is 0 Å². The Hall–Kier alpha value is -3.32. The Labute approximate surface area is 187 Å². The molecule has 0 radical (unpaired) electrons. The number of esters is 1. The minimum absolute atomic E-state index is 0.0629. The zero-order valence-corrected chi connectivity index (χ0v) is 17.6. The summed E-state index contributed by atoms with van der Waals surface area (Å²) in [6.07, 6.45) is 0. The lowest BCUT2D eigenvalue weighted by atomic mass is 9.88. The van der Waals surface area contributed by atoms with Gasteiger partial charge in [0.05, 0.1) is 6.04 Å². The van der Waals surface area contributed by atoms with Crippen LogP contribution in [0.2, 0.25) is 0 Å². The van der Waals surface area contributed by atoms with Gasteiger partial charge in [0, 0.05) is 36.3 Å².